The zero-order valence-electron chi connectivity index (χ0n) is 16.7. The number of nitriles is 1. The van der Waals surface area contributed by atoms with Gasteiger partial charge in [-0.2, -0.15) is 10.4 Å². The first-order valence-corrected chi connectivity index (χ1v) is 10.3. The Morgan fingerprint density at radius 1 is 1.19 bits per heavy atom. The number of amides is 1. The van der Waals surface area contributed by atoms with Gasteiger partial charge in [-0.05, 0) is 76.2 Å². The van der Waals surface area contributed by atoms with Gasteiger partial charge in [-0.1, -0.05) is 12.1 Å². The van der Waals surface area contributed by atoms with E-state index in [0.717, 1.165) is 15.2 Å². The van der Waals surface area contributed by atoms with Crippen molar-refractivity contribution in [2.24, 2.45) is 5.10 Å². The van der Waals surface area contributed by atoms with Crippen molar-refractivity contribution in [1.82, 2.24) is 5.43 Å². The minimum Gasteiger partial charge on any atom is -0.493 e. The molecule has 3 rings (SSSR count). The Morgan fingerprint density at radius 3 is 2.59 bits per heavy atom. The zero-order chi connectivity index (χ0) is 23.1. The summed E-state index contributed by atoms with van der Waals surface area (Å²) in [5.74, 6) is -0.915. The lowest BCUT2D eigenvalue weighted by atomic mass is 10.1. The number of hydrogen-bond donors (Lipinski definition) is 1. The summed E-state index contributed by atoms with van der Waals surface area (Å²) in [5, 5.41) is 12.6. The van der Waals surface area contributed by atoms with Crippen molar-refractivity contribution in [3.8, 4) is 17.6 Å². The zero-order valence-corrected chi connectivity index (χ0v) is 18.9. The molecule has 0 unspecified atom stereocenters. The number of carbonyl (C=O) groups is 1. The normalized spacial score (nSPS) is 10.6. The van der Waals surface area contributed by atoms with Gasteiger partial charge in [0.2, 0.25) is 0 Å². The number of carbonyl (C=O) groups excluding carboxylic acids is 1. The number of hydrogen-bond acceptors (Lipinski definition) is 5. The molecule has 1 N–H and O–H groups in total. The number of halogens is 3. The molecule has 0 saturated carbocycles. The lowest BCUT2D eigenvalue weighted by Gasteiger charge is -2.13. The van der Waals surface area contributed by atoms with Crippen LogP contribution < -0.4 is 14.9 Å². The van der Waals surface area contributed by atoms with Gasteiger partial charge in [0.05, 0.1) is 34.1 Å². The smallest absolute Gasteiger partial charge is 0.274 e. The molecule has 162 valence electrons. The molecule has 0 aliphatic rings. The van der Waals surface area contributed by atoms with Crippen LogP contribution in [0.5, 0.6) is 11.5 Å². The highest BCUT2D eigenvalue weighted by Crippen LogP contribution is 2.34. The fourth-order valence-electron chi connectivity index (χ4n) is 2.68. The Hall–Kier alpha value is -3.52. The molecule has 0 radical (unpaired) electrons. The predicted octanol–water partition coefficient (Wildman–Crippen LogP) is 4.79. The third kappa shape index (κ3) is 5.79. The first-order valence-electron chi connectivity index (χ1n) is 9.19. The molecule has 0 aliphatic heterocycles. The number of rotatable bonds is 7. The van der Waals surface area contributed by atoms with E-state index in [4.69, 9.17) is 14.7 Å². The number of hydrazone groups is 1. The van der Waals surface area contributed by atoms with Crippen LogP contribution in [0.3, 0.4) is 0 Å². The molecule has 0 fully saturated rings. The maximum Gasteiger partial charge on any atom is 0.274 e. The van der Waals surface area contributed by atoms with Crippen LogP contribution >= 0.6 is 22.6 Å². The second-order valence-corrected chi connectivity index (χ2v) is 7.62. The lowest BCUT2D eigenvalue weighted by molar-refractivity contribution is 0.0951. The summed E-state index contributed by atoms with van der Waals surface area (Å²) in [6, 6.07) is 14.8. The molecule has 6 nitrogen and oxygen atoms in total. The molecule has 0 spiro atoms. The molecule has 32 heavy (non-hydrogen) atoms. The molecule has 0 saturated heterocycles. The van der Waals surface area contributed by atoms with Crippen molar-refractivity contribution in [3.63, 3.8) is 0 Å². The maximum atomic E-state index is 13.9. The molecule has 0 atom stereocenters. The Bertz CT molecular complexity index is 1210. The Balaban J connectivity index is 1.69. The molecule has 0 heterocycles. The second kappa shape index (κ2) is 10.7. The highest BCUT2D eigenvalue weighted by molar-refractivity contribution is 14.1. The summed E-state index contributed by atoms with van der Waals surface area (Å²) in [4.78, 5) is 12.1. The Labute approximate surface area is 196 Å². The van der Waals surface area contributed by atoms with E-state index in [-0.39, 0.29) is 23.6 Å². The number of nitrogens with zero attached hydrogens (tertiary/aromatic N) is 2. The van der Waals surface area contributed by atoms with Gasteiger partial charge >= 0.3 is 0 Å². The highest BCUT2D eigenvalue weighted by Gasteiger charge is 2.13. The third-order valence-electron chi connectivity index (χ3n) is 4.27. The van der Waals surface area contributed by atoms with Gasteiger partial charge in [0.25, 0.3) is 5.91 Å². The molecular formula is C23H16F2IN3O3. The van der Waals surface area contributed by atoms with E-state index in [1.165, 1.54) is 37.6 Å². The summed E-state index contributed by atoms with van der Waals surface area (Å²) in [5.41, 5.74) is 3.55. The molecule has 1 amide bonds. The summed E-state index contributed by atoms with van der Waals surface area (Å²) in [6.45, 7) is 0.228. The minimum atomic E-state index is -0.810. The van der Waals surface area contributed by atoms with E-state index in [1.54, 1.807) is 30.3 Å². The number of methoxy groups -OCH3 is 1. The van der Waals surface area contributed by atoms with Crippen LogP contribution in [0.4, 0.5) is 8.78 Å². The molecule has 3 aromatic rings. The highest BCUT2D eigenvalue weighted by atomic mass is 127. The molecule has 0 bridgehead atoms. The maximum absolute atomic E-state index is 13.9. The van der Waals surface area contributed by atoms with Crippen molar-refractivity contribution >= 4 is 34.7 Å². The number of nitrogens with one attached hydrogen (secondary N) is 1. The SMILES string of the molecule is COc1cc(/C=N\NC(=O)c2ccc(C#N)cc2F)cc(I)c1OCc1ccc(F)cc1. The fraction of sp³-hybridized carbons (Fsp3) is 0.0870. The third-order valence-corrected chi connectivity index (χ3v) is 5.07. The van der Waals surface area contributed by atoms with E-state index in [2.05, 4.69) is 33.1 Å². The second-order valence-electron chi connectivity index (χ2n) is 6.45. The van der Waals surface area contributed by atoms with Crippen LogP contribution in [-0.2, 0) is 6.61 Å². The van der Waals surface area contributed by atoms with Gasteiger partial charge in [-0.25, -0.2) is 14.2 Å². The van der Waals surface area contributed by atoms with Crippen LogP contribution in [-0.4, -0.2) is 19.2 Å². The molecule has 9 heteroatoms. The summed E-state index contributed by atoms with van der Waals surface area (Å²) in [6.07, 6.45) is 1.38. The first-order chi connectivity index (χ1) is 15.4. The average molecular weight is 547 g/mol. The van der Waals surface area contributed by atoms with Gasteiger partial charge in [0.15, 0.2) is 11.5 Å². The molecule has 0 aliphatic carbocycles. The lowest BCUT2D eigenvalue weighted by Crippen LogP contribution is -2.19. The van der Waals surface area contributed by atoms with Crippen LogP contribution in [0.25, 0.3) is 0 Å². The van der Waals surface area contributed by atoms with Gasteiger partial charge in [-0.3, -0.25) is 4.79 Å². The van der Waals surface area contributed by atoms with E-state index in [0.29, 0.717) is 17.1 Å². The number of benzene rings is 3. The van der Waals surface area contributed by atoms with Crippen LogP contribution in [0.2, 0.25) is 0 Å². The largest absolute Gasteiger partial charge is 0.493 e. The van der Waals surface area contributed by atoms with Crippen LogP contribution in [0.1, 0.15) is 27.0 Å². The van der Waals surface area contributed by atoms with Gasteiger partial charge in [-0.15, -0.1) is 0 Å². The molecule has 3 aromatic carbocycles. The number of ether oxygens (including phenoxy) is 2. The van der Waals surface area contributed by atoms with Gasteiger partial charge < -0.3 is 9.47 Å². The van der Waals surface area contributed by atoms with E-state index in [1.807, 2.05) is 0 Å². The molecular weight excluding hydrogens is 531 g/mol. The Morgan fingerprint density at radius 2 is 1.94 bits per heavy atom. The standard InChI is InChI=1S/C23H16F2IN3O3/c1-31-21-10-16(9-20(26)22(21)32-13-14-2-5-17(24)6-3-14)12-28-29-23(30)18-7-4-15(11-27)8-19(18)25/h2-10,12H,13H2,1H3,(H,29,30)/b28-12-. The minimum absolute atomic E-state index is 0.117. The van der Waals surface area contributed by atoms with Crippen LogP contribution in [0.15, 0.2) is 59.7 Å². The van der Waals surface area contributed by atoms with Gasteiger partial charge in [0.1, 0.15) is 18.2 Å². The average Bonchev–Trinajstić information content (AvgIpc) is 2.78. The van der Waals surface area contributed by atoms with Crippen molar-refractivity contribution in [2.45, 2.75) is 6.61 Å². The van der Waals surface area contributed by atoms with E-state index >= 15 is 0 Å². The van der Waals surface area contributed by atoms with Crippen molar-refractivity contribution < 1.29 is 23.0 Å². The van der Waals surface area contributed by atoms with Crippen molar-refractivity contribution in [1.29, 1.82) is 5.26 Å². The predicted molar refractivity (Wildman–Crippen MR) is 123 cm³/mol. The van der Waals surface area contributed by atoms with E-state index in [9.17, 15) is 13.6 Å². The van der Waals surface area contributed by atoms with E-state index < -0.39 is 11.7 Å². The summed E-state index contributed by atoms with van der Waals surface area (Å²) >= 11 is 2.08. The molecule has 0 aromatic heterocycles. The van der Waals surface area contributed by atoms with Crippen molar-refractivity contribution in [2.75, 3.05) is 7.11 Å². The fourth-order valence-corrected chi connectivity index (χ4v) is 3.47. The quantitative estimate of drug-likeness (QED) is 0.262. The summed E-state index contributed by atoms with van der Waals surface area (Å²) in [7, 11) is 1.49. The topological polar surface area (TPSA) is 83.7 Å². The first kappa shape index (κ1) is 23.1. The summed E-state index contributed by atoms with van der Waals surface area (Å²) < 4.78 is 38.9. The van der Waals surface area contributed by atoms with Crippen molar-refractivity contribution in [3.05, 3.63) is 92.1 Å². The van der Waals surface area contributed by atoms with Gasteiger partial charge in [0, 0.05) is 0 Å². The van der Waals surface area contributed by atoms with Crippen LogP contribution in [0, 0.1) is 26.5 Å². The Kier molecular flexibility index (Phi) is 7.72. The monoisotopic (exact) mass is 547 g/mol.